The Morgan fingerprint density at radius 1 is 1.03 bits per heavy atom. The molecule has 2 aromatic carbocycles. The van der Waals surface area contributed by atoms with E-state index in [2.05, 4.69) is 0 Å². The van der Waals surface area contributed by atoms with Crippen LogP contribution in [0.4, 0.5) is 0 Å². The van der Waals surface area contributed by atoms with E-state index in [1.165, 1.54) is 29.8 Å². The maximum atomic E-state index is 12.8. The average molecular weight is 476 g/mol. The molecule has 1 saturated heterocycles. The summed E-state index contributed by atoms with van der Waals surface area (Å²) in [5.74, 6) is -3.74. The van der Waals surface area contributed by atoms with Gasteiger partial charge >= 0.3 is 11.9 Å². The van der Waals surface area contributed by atoms with Gasteiger partial charge in [0.25, 0.3) is 0 Å². The number of hydrogen-bond acceptors (Lipinski definition) is 6. The van der Waals surface area contributed by atoms with Crippen LogP contribution in [0, 0.1) is 5.92 Å². The molecule has 0 radical (unpaired) electrons. The van der Waals surface area contributed by atoms with E-state index >= 15 is 0 Å². The van der Waals surface area contributed by atoms with Gasteiger partial charge in [0.05, 0.1) is 29.1 Å². The molecule has 3 rings (SSSR count). The van der Waals surface area contributed by atoms with E-state index in [0.717, 1.165) is 12.8 Å². The Kier molecular flexibility index (Phi) is 8.23. The minimum Gasteiger partial charge on any atom is -0.481 e. The number of piperidine rings is 1. The number of aliphatic hydroxyl groups excluding tert-OH is 1. The number of likely N-dealkylation sites (tertiary alicyclic amines) is 1. The number of benzene rings is 2. The Morgan fingerprint density at radius 3 is 2.27 bits per heavy atom. The Labute approximate surface area is 193 Å². The van der Waals surface area contributed by atoms with E-state index in [1.807, 2.05) is 35.2 Å². The number of β-amino-alcohol motifs (C(OH)–C–C–N with tert-alkyl or cyclic N) is 1. The predicted molar refractivity (Wildman–Crippen MR) is 122 cm³/mol. The molecule has 8 nitrogen and oxygen atoms in total. The number of carboxylic acid groups (broad SMARTS) is 2. The van der Waals surface area contributed by atoms with E-state index in [0.29, 0.717) is 13.1 Å². The molecule has 3 N–H and O–H groups in total. The Balaban J connectivity index is 1.55. The second kappa shape index (κ2) is 10.9. The molecule has 0 bridgehead atoms. The minimum absolute atomic E-state index is 0.0604. The Hall–Kier alpha value is -2.75. The fraction of sp³-hybridized carbons (Fsp3) is 0.417. The van der Waals surface area contributed by atoms with Crippen molar-refractivity contribution in [2.75, 3.05) is 25.4 Å². The molecular weight excluding hydrogens is 446 g/mol. The molecule has 33 heavy (non-hydrogen) atoms. The van der Waals surface area contributed by atoms with Gasteiger partial charge in [-0.2, -0.15) is 0 Å². The zero-order valence-corrected chi connectivity index (χ0v) is 19.0. The van der Waals surface area contributed by atoms with Crippen LogP contribution in [0.1, 0.15) is 29.9 Å². The number of carbonyl (C=O) groups is 2. The molecule has 1 heterocycles. The second-order valence-corrected chi connectivity index (χ2v) is 10.6. The number of sulfone groups is 1. The van der Waals surface area contributed by atoms with Crippen molar-refractivity contribution in [1.82, 2.24) is 4.90 Å². The van der Waals surface area contributed by atoms with Crippen LogP contribution < -0.4 is 0 Å². The zero-order chi connectivity index (χ0) is 24.0. The van der Waals surface area contributed by atoms with Gasteiger partial charge in [-0.05, 0) is 48.6 Å². The first-order valence-corrected chi connectivity index (χ1v) is 12.5. The summed E-state index contributed by atoms with van der Waals surface area (Å²) >= 11 is 0. The van der Waals surface area contributed by atoms with Gasteiger partial charge in [0, 0.05) is 13.1 Å². The van der Waals surface area contributed by atoms with Gasteiger partial charge in [0.15, 0.2) is 9.84 Å². The summed E-state index contributed by atoms with van der Waals surface area (Å²) in [4.78, 5) is 24.3. The van der Waals surface area contributed by atoms with Gasteiger partial charge in [-0.1, -0.05) is 42.5 Å². The van der Waals surface area contributed by atoms with Crippen LogP contribution >= 0.6 is 0 Å². The first kappa shape index (κ1) is 24.9. The number of carboxylic acids is 2. The number of rotatable bonds is 10. The average Bonchev–Trinajstić information content (AvgIpc) is 2.78. The summed E-state index contributed by atoms with van der Waals surface area (Å²) in [6.45, 7) is 1.41. The van der Waals surface area contributed by atoms with E-state index in [1.54, 1.807) is 0 Å². The lowest BCUT2D eigenvalue weighted by atomic mass is 9.88. The van der Waals surface area contributed by atoms with E-state index in [9.17, 15) is 28.2 Å². The number of hydrogen-bond donors (Lipinski definition) is 3. The van der Waals surface area contributed by atoms with Crippen molar-refractivity contribution in [2.24, 2.45) is 5.92 Å². The van der Waals surface area contributed by atoms with E-state index in [-0.39, 0.29) is 28.7 Å². The standard InChI is InChI=1S/C24H29NO7S/c26-22-16-25(11-10-19(22)14-17-4-2-1-3-5-17)12-13-33(31,32)20-8-6-18(7-9-20)21(24(29)30)15-23(27)28/h1-9,19,21-22,26H,10-16H2,(H,27,28)(H,29,30)/t19-,21?,22-/m1/s1. The first-order chi connectivity index (χ1) is 15.7. The zero-order valence-electron chi connectivity index (χ0n) is 18.2. The molecule has 1 aliphatic rings. The molecule has 1 aliphatic heterocycles. The van der Waals surface area contributed by atoms with Gasteiger partial charge in [-0.3, -0.25) is 14.5 Å². The fourth-order valence-corrected chi connectivity index (χ4v) is 5.49. The first-order valence-electron chi connectivity index (χ1n) is 10.9. The molecule has 2 aromatic rings. The Morgan fingerprint density at radius 2 is 1.70 bits per heavy atom. The SMILES string of the molecule is O=C(O)CC(C(=O)O)c1ccc(S(=O)(=O)CCN2CC[C@H](Cc3ccccc3)[C@H](O)C2)cc1. The molecule has 0 spiro atoms. The third-order valence-electron chi connectivity index (χ3n) is 6.14. The smallest absolute Gasteiger partial charge is 0.311 e. The van der Waals surface area contributed by atoms with Gasteiger partial charge in [0.1, 0.15) is 0 Å². The van der Waals surface area contributed by atoms with Gasteiger partial charge in [-0.15, -0.1) is 0 Å². The number of aliphatic hydroxyl groups is 1. The van der Waals surface area contributed by atoms with Crippen molar-refractivity contribution in [3.05, 3.63) is 65.7 Å². The van der Waals surface area contributed by atoms with Crippen LogP contribution in [-0.2, 0) is 25.8 Å². The Bertz CT molecular complexity index is 1050. The van der Waals surface area contributed by atoms with Gasteiger partial charge in [-0.25, -0.2) is 8.42 Å². The largest absolute Gasteiger partial charge is 0.481 e. The lowest BCUT2D eigenvalue weighted by Crippen LogP contribution is -2.46. The quantitative estimate of drug-likeness (QED) is 0.476. The van der Waals surface area contributed by atoms with Gasteiger partial charge in [0.2, 0.25) is 0 Å². The summed E-state index contributed by atoms with van der Waals surface area (Å²) in [5, 5.41) is 28.7. The lowest BCUT2D eigenvalue weighted by Gasteiger charge is -2.36. The number of aliphatic carboxylic acids is 2. The summed E-state index contributed by atoms with van der Waals surface area (Å²) in [6.07, 6.45) is 0.470. The van der Waals surface area contributed by atoms with Crippen molar-refractivity contribution >= 4 is 21.8 Å². The normalized spacial score (nSPS) is 20.3. The molecule has 0 aromatic heterocycles. The summed E-state index contributed by atoms with van der Waals surface area (Å²) in [6, 6.07) is 15.3. The van der Waals surface area contributed by atoms with E-state index < -0.39 is 40.2 Å². The van der Waals surface area contributed by atoms with Crippen LogP contribution in [-0.4, -0.2) is 72.1 Å². The van der Waals surface area contributed by atoms with Crippen molar-refractivity contribution in [1.29, 1.82) is 0 Å². The van der Waals surface area contributed by atoms with E-state index in [4.69, 9.17) is 5.11 Å². The third-order valence-corrected chi connectivity index (χ3v) is 7.85. The maximum Gasteiger partial charge on any atom is 0.311 e. The molecule has 9 heteroatoms. The molecule has 0 aliphatic carbocycles. The second-order valence-electron chi connectivity index (χ2n) is 8.48. The molecule has 1 fully saturated rings. The molecule has 0 amide bonds. The van der Waals surface area contributed by atoms with Crippen LogP contribution in [0.5, 0.6) is 0 Å². The summed E-state index contributed by atoms with van der Waals surface area (Å²) in [7, 11) is -3.61. The summed E-state index contributed by atoms with van der Waals surface area (Å²) < 4.78 is 25.5. The van der Waals surface area contributed by atoms with Crippen LogP contribution in [0.3, 0.4) is 0 Å². The van der Waals surface area contributed by atoms with Crippen LogP contribution in [0.25, 0.3) is 0 Å². The van der Waals surface area contributed by atoms with Crippen molar-refractivity contribution < 1.29 is 33.3 Å². The van der Waals surface area contributed by atoms with Crippen LogP contribution in [0.15, 0.2) is 59.5 Å². The van der Waals surface area contributed by atoms with Crippen molar-refractivity contribution in [3.63, 3.8) is 0 Å². The topological polar surface area (TPSA) is 132 Å². The molecule has 3 atom stereocenters. The van der Waals surface area contributed by atoms with Crippen molar-refractivity contribution in [2.45, 2.75) is 36.2 Å². The molecular formula is C24H29NO7S. The summed E-state index contributed by atoms with van der Waals surface area (Å²) in [5.41, 5.74) is 1.42. The van der Waals surface area contributed by atoms with Crippen LogP contribution in [0.2, 0.25) is 0 Å². The fourth-order valence-electron chi connectivity index (χ4n) is 4.20. The monoisotopic (exact) mass is 475 g/mol. The predicted octanol–water partition coefficient (Wildman–Crippen LogP) is 2.03. The minimum atomic E-state index is -3.61. The highest BCUT2D eigenvalue weighted by Crippen LogP contribution is 2.24. The van der Waals surface area contributed by atoms with Crippen molar-refractivity contribution in [3.8, 4) is 0 Å². The highest BCUT2D eigenvalue weighted by Gasteiger charge is 2.29. The molecule has 178 valence electrons. The highest BCUT2D eigenvalue weighted by molar-refractivity contribution is 7.91. The number of nitrogens with zero attached hydrogens (tertiary/aromatic N) is 1. The highest BCUT2D eigenvalue weighted by atomic mass is 32.2. The molecule has 0 saturated carbocycles. The lowest BCUT2D eigenvalue weighted by molar-refractivity contribution is -0.145. The maximum absolute atomic E-state index is 12.8. The molecule has 1 unspecified atom stereocenters. The van der Waals surface area contributed by atoms with Gasteiger partial charge < -0.3 is 15.3 Å². The third kappa shape index (κ3) is 6.86.